The number of carbonyl (C=O) groups excluding carboxylic acids is 3. The number of rotatable bonds is 3. The standard InChI is InChI=1S/C19H15NO3/c21-17-10-12-20(13-11-17)19(23)16-8-6-15(7-9-16)18(22)14-4-2-1-3-5-14/h1-10,12H,11,13H2. The fourth-order valence-corrected chi connectivity index (χ4v) is 2.42. The molecule has 0 saturated carbocycles. The second-order valence-corrected chi connectivity index (χ2v) is 5.30. The van der Waals surface area contributed by atoms with E-state index >= 15 is 0 Å². The molecule has 0 fully saturated rings. The first-order valence-electron chi connectivity index (χ1n) is 7.37. The summed E-state index contributed by atoms with van der Waals surface area (Å²) in [6.07, 6.45) is 3.26. The van der Waals surface area contributed by atoms with E-state index in [0.717, 1.165) is 0 Å². The van der Waals surface area contributed by atoms with Gasteiger partial charge in [0.25, 0.3) is 5.91 Å². The maximum atomic E-state index is 12.3. The van der Waals surface area contributed by atoms with E-state index in [2.05, 4.69) is 0 Å². The Labute approximate surface area is 134 Å². The molecule has 2 aromatic rings. The fourth-order valence-electron chi connectivity index (χ4n) is 2.42. The molecule has 3 rings (SSSR count). The van der Waals surface area contributed by atoms with Crippen molar-refractivity contribution in [3.63, 3.8) is 0 Å². The SMILES string of the molecule is O=C1C=CN(C(=O)c2ccc(C(=O)c3ccccc3)cc2)CC1. The Bertz CT molecular complexity index is 776. The van der Waals surface area contributed by atoms with Crippen molar-refractivity contribution in [2.24, 2.45) is 0 Å². The van der Waals surface area contributed by atoms with E-state index in [9.17, 15) is 14.4 Å². The Morgan fingerprint density at radius 3 is 2.04 bits per heavy atom. The monoisotopic (exact) mass is 305 g/mol. The number of nitrogens with zero attached hydrogens (tertiary/aromatic N) is 1. The van der Waals surface area contributed by atoms with Crippen molar-refractivity contribution >= 4 is 17.5 Å². The number of hydrogen-bond donors (Lipinski definition) is 0. The van der Waals surface area contributed by atoms with Crippen LogP contribution in [0.25, 0.3) is 0 Å². The predicted molar refractivity (Wildman–Crippen MR) is 86.1 cm³/mol. The van der Waals surface area contributed by atoms with E-state index in [1.54, 1.807) is 36.4 Å². The van der Waals surface area contributed by atoms with Gasteiger partial charge in [-0.1, -0.05) is 42.5 Å². The summed E-state index contributed by atoms with van der Waals surface area (Å²) < 4.78 is 0. The average Bonchev–Trinajstić information content (AvgIpc) is 2.62. The molecule has 2 aromatic carbocycles. The fraction of sp³-hybridized carbons (Fsp3) is 0.105. The molecule has 0 saturated heterocycles. The lowest BCUT2D eigenvalue weighted by Crippen LogP contribution is -2.30. The second kappa shape index (κ2) is 6.40. The number of hydrogen-bond acceptors (Lipinski definition) is 3. The summed E-state index contributed by atoms with van der Waals surface area (Å²) in [5, 5.41) is 0. The first kappa shape index (κ1) is 14.9. The van der Waals surface area contributed by atoms with Gasteiger partial charge in [-0.15, -0.1) is 0 Å². The lowest BCUT2D eigenvalue weighted by Gasteiger charge is -2.20. The Morgan fingerprint density at radius 1 is 0.826 bits per heavy atom. The van der Waals surface area contributed by atoms with Gasteiger partial charge in [0.2, 0.25) is 0 Å². The summed E-state index contributed by atoms with van der Waals surface area (Å²) >= 11 is 0. The van der Waals surface area contributed by atoms with Crippen molar-refractivity contribution in [1.82, 2.24) is 4.90 Å². The normalized spacial score (nSPS) is 13.9. The van der Waals surface area contributed by atoms with Gasteiger partial charge >= 0.3 is 0 Å². The molecular formula is C19H15NO3. The highest BCUT2D eigenvalue weighted by atomic mass is 16.2. The third kappa shape index (κ3) is 3.26. The molecule has 0 bridgehead atoms. The summed E-state index contributed by atoms with van der Waals surface area (Å²) in [6.45, 7) is 0.388. The van der Waals surface area contributed by atoms with Gasteiger partial charge in [-0.25, -0.2) is 0 Å². The van der Waals surface area contributed by atoms with Gasteiger partial charge < -0.3 is 4.90 Å². The van der Waals surface area contributed by atoms with E-state index in [1.807, 2.05) is 18.2 Å². The van der Waals surface area contributed by atoms with Crippen molar-refractivity contribution in [1.29, 1.82) is 0 Å². The number of carbonyl (C=O) groups is 3. The van der Waals surface area contributed by atoms with Crippen molar-refractivity contribution in [2.45, 2.75) is 6.42 Å². The zero-order valence-electron chi connectivity index (χ0n) is 12.4. The molecule has 1 amide bonds. The molecule has 1 heterocycles. The van der Waals surface area contributed by atoms with Crippen LogP contribution in [-0.2, 0) is 4.79 Å². The summed E-state index contributed by atoms with van der Waals surface area (Å²) in [5.41, 5.74) is 1.65. The zero-order chi connectivity index (χ0) is 16.2. The largest absolute Gasteiger partial charge is 0.314 e. The molecule has 0 aliphatic carbocycles. The summed E-state index contributed by atoms with van der Waals surface area (Å²) in [5.74, 6) is -0.224. The Kier molecular flexibility index (Phi) is 4.15. The van der Waals surface area contributed by atoms with E-state index in [1.165, 1.54) is 17.2 Å². The lowest BCUT2D eigenvalue weighted by molar-refractivity contribution is -0.115. The van der Waals surface area contributed by atoms with Gasteiger partial charge in [-0.2, -0.15) is 0 Å². The van der Waals surface area contributed by atoms with Crippen LogP contribution in [0, 0.1) is 0 Å². The number of benzene rings is 2. The van der Waals surface area contributed by atoms with Crippen LogP contribution in [0.3, 0.4) is 0 Å². The lowest BCUT2D eigenvalue weighted by atomic mass is 10.0. The number of allylic oxidation sites excluding steroid dienone is 1. The van der Waals surface area contributed by atoms with Crippen molar-refractivity contribution in [3.05, 3.63) is 83.6 Å². The van der Waals surface area contributed by atoms with Crippen LogP contribution in [0.15, 0.2) is 66.9 Å². The van der Waals surface area contributed by atoms with Crippen molar-refractivity contribution < 1.29 is 14.4 Å². The Morgan fingerprint density at radius 2 is 1.43 bits per heavy atom. The highest BCUT2D eigenvalue weighted by Gasteiger charge is 2.18. The van der Waals surface area contributed by atoms with E-state index < -0.39 is 0 Å². The summed E-state index contributed by atoms with van der Waals surface area (Å²) in [6, 6.07) is 15.6. The van der Waals surface area contributed by atoms with Gasteiger partial charge in [0, 0.05) is 35.9 Å². The molecule has 0 spiro atoms. The van der Waals surface area contributed by atoms with Crippen LogP contribution in [0.1, 0.15) is 32.7 Å². The van der Waals surface area contributed by atoms with E-state index in [0.29, 0.717) is 29.7 Å². The molecule has 0 atom stereocenters. The highest BCUT2D eigenvalue weighted by molar-refractivity contribution is 6.09. The quantitative estimate of drug-likeness (QED) is 0.819. The van der Waals surface area contributed by atoms with Crippen LogP contribution in [0.5, 0.6) is 0 Å². The predicted octanol–water partition coefficient (Wildman–Crippen LogP) is 2.85. The zero-order valence-corrected chi connectivity index (χ0v) is 12.4. The molecule has 0 N–H and O–H groups in total. The van der Waals surface area contributed by atoms with Gasteiger partial charge in [-0.3, -0.25) is 14.4 Å². The third-order valence-corrected chi connectivity index (χ3v) is 3.73. The molecule has 1 aliphatic rings. The van der Waals surface area contributed by atoms with Crippen LogP contribution in [-0.4, -0.2) is 28.9 Å². The molecule has 4 nitrogen and oxygen atoms in total. The average molecular weight is 305 g/mol. The molecule has 4 heteroatoms. The first-order valence-corrected chi connectivity index (χ1v) is 7.37. The van der Waals surface area contributed by atoms with Gasteiger partial charge in [0.15, 0.2) is 11.6 Å². The Hall–Kier alpha value is -3.01. The maximum absolute atomic E-state index is 12.3. The minimum absolute atomic E-state index is 0.0258. The van der Waals surface area contributed by atoms with Gasteiger partial charge in [0.1, 0.15) is 0 Å². The van der Waals surface area contributed by atoms with Crippen LogP contribution in [0.2, 0.25) is 0 Å². The molecular weight excluding hydrogens is 290 g/mol. The summed E-state index contributed by atoms with van der Waals surface area (Å²) in [7, 11) is 0. The minimum Gasteiger partial charge on any atom is -0.314 e. The van der Waals surface area contributed by atoms with Crippen molar-refractivity contribution in [3.8, 4) is 0 Å². The van der Waals surface area contributed by atoms with Crippen LogP contribution < -0.4 is 0 Å². The highest BCUT2D eigenvalue weighted by Crippen LogP contribution is 2.14. The molecule has 0 radical (unpaired) electrons. The van der Waals surface area contributed by atoms with Crippen LogP contribution in [0.4, 0.5) is 0 Å². The van der Waals surface area contributed by atoms with E-state index in [4.69, 9.17) is 0 Å². The third-order valence-electron chi connectivity index (χ3n) is 3.73. The molecule has 1 aliphatic heterocycles. The Balaban J connectivity index is 1.77. The molecule has 0 unspecified atom stereocenters. The van der Waals surface area contributed by atoms with E-state index in [-0.39, 0.29) is 17.5 Å². The molecule has 0 aromatic heterocycles. The topological polar surface area (TPSA) is 54.5 Å². The number of ketones is 2. The molecule has 23 heavy (non-hydrogen) atoms. The number of amides is 1. The summed E-state index contributed by atoms with van der Waals surface area (Å²) in [4.78, 5) is 37.3. The van der Waals surface area contributed by atoms with Crippen LogP contribution >= 0.6 is 0 Å². The smallest absolute Gasteiger partial charge is 0.257 e. The molecule has 114 valence electrons. The minimum atomic E-state index is -0.174. The first-order chi connectivity index (χ1) is 11.1. The second-order valence-electron chi connectivity index (χ2n) is 5.30. The van der Waals surface area contributed by atoms with Gasteiger partial charge in [-0.05, 0) is 18.2 Å². The van der Waals surface area contributed by atoms with Crippen molar-refractivity contribution in [2.75, 3.05) is 6.54 Å². The van der Waals surface area contributed by atoms with Gasteiger partial charge in [0.05, 0.1) is 0 Å². The maximum Gasteiger partial charge on any atom is 0.257 e.